The summed E-state index contributed by atoms with van der Waals surface area (Å²) in [5, 5.41) is 0. The van der Waals surface area contributed by atoms with Gasteiger partial charge < -0.3 is 0 Å². The minimum atomic E-state index is -3.71. The van der Waals surface area contributed by atoms with Crippen molar-refractivity contribution in [2.75, 3.05) is 11.3 Å². The smallest absolute Gasteiger partial charge is 0.261 e. The topological polar surface area (TPSA) is 92.3 Å². The Morgan fingerprint density at radius 1 is 0.840 bits per heavy atom. The zero-order chi connectivity index (χ0) is 18.1. The van der Waals surface area contributed by atoms with E-state index in [2.05, 4.69) is 9.44 Å². The van der Waals surface area contributed by atoms with Crippen molar-refractivity contribution in [3.8, 4) is 0 Å². The highest BCUT2D eigenvalue weighted by Crippen LogP contribution is 2.26. The Morgan fingerprint density at radius 2 is 1.48 bits per heavy atom. The molecule has 2 N–H and O–H groups in total. The fourth-order valence-electron chi connectivity index (χ4n) is 2.90. The molecule has 0 fully saturated rings. The lowest BCUT2D eigenvalue weighted by Gasteiger charge is -2.10. The molecule has 134 valence electrons. The summed E-state index contributed by atoms with van der Waals surface area (Å²) in [5.41, 5.74) is 2.60. The Bertz CT molecular complexity index is 982. The molecule has 0 bridgehead atoms. The van der Waals surface area contributed by atoms with Gasteiger partial charge in [0.2, 0.25) is 10.0 Å². The van der Waals surface area contributed by atoms with Gasteiger partial charge in [0.15, 0.2) is 0 Å². The quantitative estimate of drug-likeness (QED) is 0.804. The van der Waals surface area contributed by atoms with E-state index < -0.39 is 20.0 Å². The van der Waals surface area contributed by atoms with Crippen LogP contribution in [0.5, 0.6) is 0 Å². The fourth-order valence-corrected chi connectivity index (χ4v) is 5.05. The number of nitrogens with one attached hydrogen (secondary N) is 2. The highest BCUT2D eigenvalue weighted by Gasteiger charge is 2.19. The average molecular weight is 380 g/mol. The maximum absolute atomic E-state index is 12.5. The largest absolute Gasteiger partial charge is 0.280 e. The van der Waals surface area contributed by atoms with E-state index >= 15 is 0 Å². The van der Waals surface area contributed by atoms with Gasteiger partial charge in [-0.15, -0.1) is 0 Å². The van der Waals surface area contributed by atoms with E-state index in [0.717, 1.165) is 24.8 Å². The van der Waals surface area contributed by atoms with Gasteiger partial charge in [-0.25, -0.2) is 21.6 Å². The molecule has 8 heteroatoms. The first kappa shape index (κ1) is 17.9. The highest BCUT2D eigenvalue weighted by molar-refractivity contribution is 7.92. The summed E-state index contributed by atoms with van der Waals surface area (Å²) in [6.45, 7) is 1.98. The van der Waals surface area contributed by atoms with Gasteiger partial charge in [0, 0.05) is 12.2 Å². The summed E-state index contributed by atoms with van der Waals surface area (Å²) in [5.74, 6) is 0. The van der Waals surface area contributed by atoms with Crippen molar-refractivity contribution in [2.24, 2.45) is 0 Å². The molecule has 0 saturated heterocycles. The maximum atomic E-state index is 12.5. The Morgan fingerprint density at radius 3 is 2.16 bits per heavy atom. The number of rotatable bonds is 6. The van der Waals surface area contributed by atoms with Gasteiger partial charge in [-0.3, -0.25) is 4.72 Å². The molecule has 2 aromatic carbocycles. The molecular weight excluding hydrogens is 360 g/mol. The number of benzene rings is 2. The predicted molar refractivity (Wildman–Crippen MR) is 96.6 cm³/mol. The molecule has 6 nitrogen and oxygen atoms in total. The van der Waals surface area contributed by atoms with E-state index in [1.165, 1.54) is 29.8 Å². The normalized spacial score (nSPS) is 14.3. The third-order valence-corrected chi connectivity index (χ3v) is 7.07. The Balaban J connectivity index is 1.82. The van der Waals surface area contributed by atoms with Crippen molar-refractivity contribution >= 4 is 25.7 Å². The predicted octanol–water partition coefficient (Wildman–Crippen LogP) is 2.27. The van der Waals surface area contributed by atoms with Crippen molar-refractivity contribution < 1.29 is 16.8 Å². The summed E-state index contributed by atoms with van der Waals surface area (Å²) in [6.07, 6.45) is 2.94. The van der Waals surface area contributed by atoms with Gasteiger partial charge in [0.1, 0.15) is 0 Å². The SMILES string of the molecule is CCNS(=O)(=O)c1ccc(NS(=O)(=O)c2ccc3c(c2)CCC3)cc1. The van der Waals surface area contributed by atoms with E-state index in [-0.39, 0.29) is 16.3 Å². The standard InChI is InChI=1S/C17H20N2O4S2/c1-2-18-24(20,21)16-10-7-15(8-11-16)19-25(22,23)17-9-6-13-4-3-5-14(13)12-17/h6-12,18-19H,2-5H2,1H3. The lowest BCUT2D eigenvalue weighted by atomic mass is 10.1. The van der Waals surface area contributed by atoms with Gasteiger partial charge in [-0.2, -0.15) is 0 Å². The summed E-state index contributed by atoms with van der Waals surface area (Å²) in [7, 11) is -7.27. The van der Waals surface area contributed by atoms with Crippen LogP contribution < -0.4 is 9.44 Å². The molecule has 0 amide bonds. The molecule has 0 spiro atoms. The molecule has 3 rings (SSSR count). The summed E-state index contributed by atoms with van der Waals surface area (Å²) in [6, 6.07) is 10.8. The molecule has 1 aliphatic carbocycles. The highest BCUT2D eigenvalue weighted by atomic mass is 32.2. The number of hydrogen-bond donors (Lipinski definition) is 2. The van der Waals surface area contributed by atoms with Crippen molar-refractivity contribution in [1.29, 1.82) is 0 Å². The minimum absolute atomic E-state index is 0.0924. The van der Waals surface area contributed by atoms with Crippen molar-refractivity contribution in [2.45, 2.75) is 36.0 Å². The lowest BCUT2D eigenvalue weighted by molar-refractivity contribution is 0.584. The maximum Gasteiger partial charge on any atom is 0.261 e. The molecule has 0 aliphatic heterocycles. The van der Waals surface area contributed by atoms with Crippen molar-refractivity contribution in [3.63, 3.8) is 0 Å². The first-order valence-electron chi connectivity index (χ1n) is 8.06. The van der Waals surface area contributed by atoms with Crippen LogP contribution in [0, 0.1) is 0 Å². The first-order valence-corrected chi connectivity index (χ1v) is 11.0. The van der Waals surface area contributed by atoms with E-state index in [9.17, 15) is 16.8 Å². The van der Waals surface area contributed by atoms with Gasteiger partial charge in [0.05, 0.1) is 9.79 Å². The lowest BCUT2D eigenvalue weighted by Crippen LogP contribution is -2.23. The molecule has 0 radical (unpaired) electrons. The van der Waals surface area contributed by atoms with E-state index in [1.807, 2.05) is 6.07 Å². The average Bonchev–Trinajstić information content (AvgIpc) is 3.02. The van der Waals surface area contributed by atoms with Crippen LogP contribution in [0.3, 0.4) is 0 Å². The monoisotopic (exact) mass is 380 g/mol. The second kappa shape index (κ2) is 6.78. The van der Waals surface area contributed by atoms with Crippen LogP contribution in [0.25, 0.3) is 0 Å². The van der Waals surface area contributed by atoms with Crippen LogP contribution in [0.2, 0.25) is 0 Å². The van der Waals surface area contributed by atoms with Crippen LogP contribution in [0.15, 0.2) is 52.3 Å². The van der Waals surface area contributed by atoms with E-state index in [1.54, 1.807) is 19.1 Å². The Kier molecular flexibility index (Phi) is 4.86. The van der Waals surface area contributed by atoms with Crippen LogP contribution >= 0.6 is 0 Å². The van der Waals surface area contributed by atoms with Gasteiger partial charge in [0.25, 0.3) is 10.0 Å². The zero-order valence-electron chi connectivity index (χ0n) is 13.8. The Hall–Kier alpha value is -1.90. The molecule has 0 aromatic heterocycles. The van der Waals surface area contributed by atoms with Crippen LogP contribution in [-0.2, 0) is 32.9 Å². The zero-order valence-corrected chi connectivity index (χ0v) is 15.5. The molecule has 1 aliphatic rings. The number of hydrogen-bond acceptors (Lipinski definition) is 4. The summed E-state index contributed by atoms with van der Waals surface area (Å²) in [4.78, 5) is 0.312. The van der Waals surface area contributed by atoms with Crippen LogP contribution in [-0.4, -0.2) is 23.4 Å². The fraction of sp³-hybridized carbons (Fsp3) is 0.294. The minimum Gasteiger partial charge on any atom is -0.280 e. The van der Waals surface area contributed by atoms with Gasteiger partial charge in [-0.05, 0) is 66.8 Å². The molecule has 0 unspecified atom stereocenters. The molecule has 2 aromatic rings. The van der Waals surface area contributed by atoms with E-state index in [4.69, 9.17) is 0 Å². The first-order chi connectivity index (χ1) is 11.8. The summed E-state index contributed by atoms with van der Waals surface area (Å²) >= 11 is 0. The molecular formula is C17H20N2O4S2. The number of anilines is 1. The van der Waals surface area contributed by atoms with Crippen molar-refractivity contribution in [3.05, 3.63) is 53.6 Å². The third-order valence-electron chi connectivity index (χ3n) is 4.13. The van der Waals surface area contributed by atoms with Crippen LogP contribution in [0.1, 0.15) is 24.5 Å². The van der Waals surface area contributed by atoms with Gasteiger partial charge >= 0.3 is 0 Å². The summed E-state index contributed by atoms with van der Waals surface area (Å²) < 4.78 is 53.8. The molecule has 0 heterocycles. The third kappa shape index (κ3) is 3.86. The second-order valence-electron chi connectivity index (χ2n) is 5.92. The number of sulfonamides is 2. The van der Waals surface area contributed by atoms with Crippen LogP contribution in [0.4, 0.5) is 5.69 Å². The van der Waals surface area contributed by atoms with E-state index in [0.29, 0.717) is 5.69 Å². The molecule has 0 atom stereocenters. The molecule has 25 heavy (non-hydrogen) atoms. The molecule has 0 saturated carbocycles. The number of fused-ring (bicyclic) bond motifs is 1. The number of aryl methyl sites for hydroxylation is 2. The Labute approximate surface area is 148 Å². The van der Waals surface area contributed by atoms with Gasteiger partial charge in [-0.1, -0.05) is 13.0 Å². The second-order valence-corrected chi connectivity index (χ2v) is 9.36. The van der Waals surface area contributed by atoms with Crippen molar-refractivity contribution in [1.82, 2.24) is 4.72 Å².